The Morgan fingerprint density at radius 3 is 1.43 bits per heavy atom. The van der Waals surface area contributed by atoms with E-state index < -0.39 is 0 Å². The molecule has 1 N–H and O–H groups in total. The van der Waals surface area contributed by atoms with Crippen molar-refractivity contribution in [2.45, 2.75) is 0 Å². The Morgan fingerprint density at radius 1 is 0.333 bits per heavy atom. The molecule has 0 saturated carbocycles. The molecule has 5 nitrogen and oxygen atoms in total. The highest BCUT2D eigenvalue weighted by Gasteiger charge is 2.22. The van der Waals surface area contributed by atoms with Crippen molar-refractivity contribution in [3.05, 3.63) is 231 Å². The molecule has 63 heavy (non-hydrogen) atoms. The van der Waals surface area contributed by atoms with Gasteiger partial charge in [0.2, 0.25) is 0 Å². The molecule has 0 atom stereocenters. The summed E-state index contributed by atoms with van der Waals surface area (Å²) in [5, 5.41) is 7.02. The number of aromatic nitrogens is 5. The molecule has 13 aromatic rings. The van der Waals surface area contributed by atoms with Gasteiger partial charge in [-0.15, -0.1) is 0 Å². The SMILES string of the molecule is c1ccc(-c2nc(-c3ccccc3)c3c(n2)[nH]c2ccc(-c4ccc5c(c4)c4ccc6c7ccccc7n(-c7ccccc7)c6c4n5-c4ccccc4)cc23)cc1.c1ccccc1. The Morgan fingerprint density at radius 2 is 0.810 bits per heavy atom. The number of hydrogen-bond donors (Lipinski definition) is 1. The number of rotatable bonds is 5. The second-order valence-corrected chi connectivity index (χ2v) is 15.8. The minimum atomic E-state index is 0.703. The molecule has 0 radical (unpaired) electrons. The van der Waals surface area contributed by atoms with Crippen LogP contribution in [-0.4, -0.2) is 24.1 Å². The summed E-state index contributed by atoms with van der Waals surface area (Å²) < 4.78 is 4.89. The Hall–Kier alpha value is -8.54. The summed E-state index contributed by atoms with van der Waals surface area (Å²) in [6.07, 6.45) is 0. The van der Waals surface area contributed by atoms with Crippen molar-refractivity contribution in [1.29, 1.82) is 0 Å². The molecular weight excluding hydrogens is 767 g/mol. The average molecular weight is 806 g/mol. The van der Waals surface area contributed by atoms with Gasteiger partial charge in [0.05, 0.1) is 33.1 Å². The molecule has 0 aliphatic carbocycles. The Kier molecular flexibility index (Phi) is 8.75. The van der Waals surface area contributed by atoms with Crippen LogP contribution in [0.5, 0.6) is 0 Å². The molecule has 0 aliphatic rings. The molecule has 9 aromatic carbocycles. The van der Waals surface area contributed by atoms with E-state index in [-0.39, 0.29) is 0 Å². The lowest BCUT2D eigenvalue weighted by atomic mass is 9.99. The first-order chi connectivity index (χ1) is 31.3. The van der Waals surface area contributed by atoms with Gasteiger partial charge >= 0.3 is 0 Å². The third kappa shape index (κ3) is 6.17. The van der Waals surface area contributed by atoms with E-state index in [1.807, 2.05) is 60.7 Å². The van der Waals surface area contributed by atoms with Crippen LogP contribution in [0.2, 0.25) is 0 Å². The third-order valence-corrected chi connectivity index (χ3v) is 12.1. The van der Waals surface area contributed by atoms with E-state index in [1.54, 1.807) is 0 Å². The van der Waals surface area contributed by atoms with E-state index in [0.717, 1.165) is 61.3 Å². The zero-order valence-electron chi connectivity index (χ0n) is 34.2. The van der Waals surface area contributed by atoms with Crippen LogP contribution in [0.1, 0.15) is 0 Å². The van der Waals surface area contributed by atoms with Gasteiger partial charge in [0, 0.05) is 54.9 Å². The number of para-hydroxylation sites is 3. The van der Waals surface area contributed by atoms with E-state index in [4.69, 9.17) is 9.97 Å². The zero-order valence-corrected chi connectivity index (χ0v) is 34.2. The van der Waals surface area contributed by atoms with Crippen molar-refractivity contribution < 1.29 is 0 Å². The molecule has 0 spiro atoms. The number of hydrogen-bond acceptors (Lipinski definition) is 2. The smallest absolute Gasteiger partial charge is 0.162 e. The van der Waals surface area contributed by atoms with Crippen molar-refractivity contribution in [3.63, 3.8) is 0 Å². The molecule has 0 unspecified atom stereocenters. The minimum absolute atomic E-state index is 0.703. The van der Waals surface area contributed by atoms with Gasteiger partial charge in [0.15, 0.2) is 5.82 Å². The van der Waals surface area contributed by atoms with E-state index >= 15 is 0 Å². The first kappa shape index (κ1) is 36.3. The fourth-order valence-electron chi connectivity index (χ4n) is 9.30. The molecule has 4 aromatic heterocycles. The third-order valence-electron chi connectivity index (χ3n) is 12.1. The van der Waals surface area contributed by atoms with Crippen molar-refractivity contribution >= 4 is 65.5 Å². The van der Waals surface area contributed by atoms with Crippen LogP contribution >= 0.6 is 0 Å². The van der Waals surface area contributed by atoms with E-state index in [0.29, 0.717) is 5.82 Å². The number of nitrogens with zero attached hydrogens (tertiary/aromatic N) is 4. The van der Waals surface area contributed by atoms with E-state index in [2.05, 4.69) is 184 Å². The number of aromatic amines is 1. The van der Waals surface area contributed by atoms with Gasteiger partial charge in [-0.1, -0.05) is 176 Å². The fourth-order valence-corrected chi connectivity index (χ4v) is 9.30. The number of H-pyrrole nitrogens is 1. The molecule has 0 saturated heterocycles. The van der Waals surface area contributed by atoms with Gasteiger partial charge in [-0.2, -0.15) is 0 Å². The average Bonchev–Trinajstić information content (AvgIpc) is 4.03. The summed E-state index contributed by atoms with van der Waals surface area (Å²) >= 11 is 0. The topological polar surface area (TPSA) is 51.4 Å². The minimum Gasteiger partial charge on any atom is -0.339 e. The quantitative estimate of drug-likeness (QED) is 0.188. The Bertz CT molecular complexity index is 3730. The normalized spacial score (nSPS) is 11.5. The summed E-state index contributed by atoms with van der Waals surface area (Å²) in [7, 11) is 0. The lowest BCUT2D eigenvalue weighted by Gasteiger charge is -2.12. The van der Waals surface area contributed by atoms with Crippen LogP contribution in [-0.2, 0) is 0 Å². The van der Waals surface area contributed by atoms with Crippen LogP contribution in [0.15, 0.2) is 231 Å². The molecule has 0 bridgehead atoms. The second kappa shape index (κ2) is 15.2. The highest BCUT2D eigenvalue weighted by Crippen LogP contribution is 2.43. The summed E-state index contributed by atoms with van der Waals surface area (Å²) in [5.41, 5.74) is 14.1. The van der Waals surface area contributed by atoms with E-state index in [1.165, 1.54) is 43.6 Å². The first-order valence-corrected chi connectivity index (χ1v) is 21.3. The summed E-state index contributed by atoms with van der Waals surface area (Å²) in [4.78, 5) is 13.9. The highest BCUT2D eigenvalue weighted by atomic mass is 15.0. The van der Waals surface area contributed by atoms with Gasteiger partial charge in [-0.3, -0.25) is 0 Å². The fraction of sp³-hybridized carbons (Fsp3) is 0. The van der Waals surface area contributed by atoms with Crippen LogP contribution < -0.4 is 0 Å². The van der Waals surface area contributed by atoms with Gasteiger partial charge in [-0.25, -0.2) is 9.97 Å². The Labute approximate surface area is 363 Å². The zero-order chi connectivity index (χ0) is 41.7. The maximum Gasteiger partial charge on any atom is 0.162 e. The largest absolute Gasteiger partial charge is 0.339 e. The molecule has 13 rings (SSSR count). The van der Waals surface area contributed by atoms with Crippen LogP contribution in [0.3, 0.4) is 0 Å². The molecule has 296 valence electrons. The molecule has 0 amide bonds. The summed E-state index contributed by atoms with van der Waals surface area (Å²) in [5.74, 6) is 0.703. The van der Waals surface area contributed by atoms with Crippen LogP contribution in [0, 0.1) is 0 Å². The monoisotopic (exact) mass is 805 g/mol. The predicted molar refractivity (Wildman–Crippen MR) is 263 cm³/mol. The van der Waals surface area contributed by atoms with Crippen molar-refractivity contribution in [2.75, 3.05) is 0 Å². The highest BCUT2D eigenvalue weighted by molar-refractivity contribution is 6.24. The molecule has 5 heteroatoms. The lowest BCUT2D eigenvalue weighted by molar-refractivity contribution is 1.15. The number of fused-ring (bicyclic) bond motifs is 10. The molecule has 0 aliphatic heterocycles. The maximum absolute atomic E-state index is 5.21. The molecular formula is C58H39N5. The van der Waals surface area contributed by atoms with Gasteiger partial charge in [0.25, 0.3) is 0 Å². The maximum atomic E-state index is 5.21. The van der Waals surface area contributed by atoms with Crippen molar-refractivity contribution in [2.24, 2.45) is 0 Å². The van der Waals surface area contributed by atoms with Gasteiger partial charge in [-0.05, 0) is 65.7 Å². The second-order valence-electron chi connectivity index (χ2n) is 15.8. The number of nitrogens with one attached hydrogen (secondary N) is 1. The van der Waals surface area contributed by atoms with E-state index in [9.17, 15) is 0 Å². The van der Waals surface area contributed by atoms with Gasteiger partial charge < -0.3 is 14.1 Å². The lowest BCUT2D eigenvalue weighted by Crippen LogP contribution is -1.98. The number of benzene rings is 9. The van der Waals surface area contributed by atoms with Crippen LogP contribution in [0.4, 0.5) is 0 Å². The summed E-state index contributed by atoms with van der Waals surface area (Å²) in [6, 6.07) is 81.2. The van der Waals surface area contributed by atoms with Crippen LogP contribution in [0.25, 0.3) is 111 Å². The molecule has 4 heterocycles. The Balaban J connectivity index is 0.000000651. The predicted octanol–water partition coefficient (Wildman–Crippen LogP) is 15.0. The standard InChI is InChI=1S/C52H33N5.C6H6/c1-5-15-33(16-6-1)48-47-43-32-35(25-29-44(43)53-52(47)55-51(54-48)34-17-7-2-8-18-34)36-26-30-46-42(31-36)41-28-27-40-39-23-13-14-24-45(39)56(37-19-9-3-10-20-37)49(40)50(41)57(46)38-21-11-4-12-22-38;1-2-4-6-5-3-1/h1-32H,(H,53,54,55);1-6H. The molecule has 0 fully saturated rings. The summed E-state index contributed by atoms with van der Waals surface area (Å²) in [6.45, 7) is 0. The van der Waals surface area contributed by atoms with Crippen molar-refractivity contribution in [3.8, 4) is 45.1 Å². The van der Waals surface area contributed by atoms with Gasteiger partial charge in [0.1, 0.15) is 5.65 Å². The first-order valence-electron chi connectivity index (χ1n) is 21.3. The van der Waals surface area contributed by atoms with Crippen molar-refractivity contribution in [1.82, 2.24) is 24.1 Å².